The van der Waals surface area contributed by atoms with Gasteiger partial charge in [0.05, 0.1) is 0 Å². The highest BCUT2D eigenvalue weighted by atomic mass is 19.1. The minimum absolute atomic E-state index is 0.0338. The Labute approximate surface area is 134 Å². The van der Waals surface area contributed by atoms with Crippen molar-refractivity contribution in [3.8, 4) is 11.5 Å². The van der Waals surface area contributed by atoms with Gasteiger partial charge in [-0.1, -0.05) is 12.1 Å². The highest BCUT2D eigenvalue weighted by Crippen LogP contribution is 2.34. The minimum atomic E-state index is -0.898. The first-order valence-electron chi connectivity index (χ1n) is 7.74. The molecule has 1 aliphatic rings. The van der Waals surface area contributed by atoms with Crippen LogP contribution < -0.4 is 0 Å². The molecule has 3 N–H and O–H groups in total. The molecule has 0 aliphatic carbocycles. The van der Waals surface area contributed by atoms with Crippen molar-refractivity contribution in [2.24, 2.45) is 0 Å². The Balaban J connectivity index is 1.65. The quantitative estimate of drug-likeness (QED) is 0.814. The Kier molecular flexibility index (Phi) is 4.50. The predicted molar refractivity (Wildman–Crippen MR) is 84.7 cm³/mol. The van der Waals surface area contributed by atoms with Crippen LogP contribution in [0, 0.1) is 5.82 Å². The first-order valence-corrected chi connectivity index (χ1v) is 7.74. The number of rotatable bonds is 3. The summed E-state index contributed by atoms with van der Waals surface area (Å²) in [5, 5.41) is 29.6. The van der Waals surface area contributed by atoms with Crippen molar-refractivity contribution in [2.75, 3.05) is 13.1 Å². The lowest BCUT2D eigenvalue weighted by atomic mass is 9.89. The van der Waals surface area contributed by atoms with Crippen LogP contribution in [-0.4, -0.2) is 33.3 Å². The molecule has 1 fully saturated rings. The number of piperidine rings is 1. The molecular formula is C18H20FNO3. The summed E-state index contributed by atoms with van der Waals surface area (Å²) in [5.74, 6) is -0.0245. The van der Waals surface area contributed by atoms with Crippen LogP contribution in [0.4, 0.5) is 4.39 Å². The predicted octanol–water partition coefficient (Wildman–Crippen LogP) is 3.11. The first kappa shape index (κ1) is 15.8. The van der Waals surface area contributed by atoms with E-state index in [9.17, 15) is 19.7 Å². The van der Waals surface area contributed by atoms with Gasteiger partial charge in [-0.2, -0.15) is 0 Å². The number of aliphatic hydroxyl groups excluding tert-OH is 1. The molecule has 1 aliphatic heterocycles. The lowest BCUT2D eigenvalue weighted by Gasteiger charge is -2.35. The fourth-order valence-corrected chi connectivity index (χ4v) is 3.16. The average molecular weight is 317 g/mol. The second-order valence-electron chi connectivity index (χ2n) is 5.98. The summed E-state index contributed by atoms with van der Waals surface area (Å²) in [7, 11) is 0. The summed E-state index contributed by atoms with van der Waals surface area (Å²) < 4.78 is 13.0. The number of likely N-dealkylation sites (tertiary alicyclic amines) is 1. The summed E-state index contributed by atoms with van der Waals surface area (Å²) >= 11 is 0. The third-order valence-corrected chi connectivity index (χ3v) is 4.51. The molecule has 4 nitrogen and oxygen atoms in total. The van der Waals surface area contributed by atoms with Crippen LogP contribution >= 0.6 is 0 Å². The van der Waals surface area contributed by atoms with E-state index in [1.807, 2.05) is 17.0 Å². The Morgan fingerprint density at radius 3 is 2.26 bits per heavy atom. The molecule has 2 aromatic carbocycles. The van der Waals surface area contributed by atoms with Gasteiger partial charge in [0.25, 0.3) is 0 Å². The normalized spacial score (nSPS) is 18.0. The third kappa shape index (κ3) is 3.46. The van der Waals surface area contributed by atoms with Crippen LogP contribution in [0.15, 0.2) is 42.5 Å². The van der Waals surface area contributed by atoms with Crippen LogP contribution in [0.25, 0.3) is 0 Å². The van der Waals surface area contributed by atoms with Gasteiger partial charge in [-0.15, -0.1) is 0 Å². The lowest BCUT2D eigenvalue weighted by molar-refractivity contribution is -0.0145. The smallest absolute Gasteiger partial charge is 0.137 e. The zero-order valence-electron chi connectivity index (χ0n) is 12.7. The fraction of sp³-hybridized carbons (Fsp3) is 0.333. The van der Waals surface area contributed by atoms with Gasteiger partial charge in [0.15, 0.2) is 0 Å². The topological polar surface area (TPSA) is 63.9 Å². The maximum atomic E-state index is 13.0. The molecule has 1 atom stereocenters. The van der Waals surface area contributed by atoms with E-state index in [0.717, 1.165) is 18.4 Å². The molecule has 3 rings (SSSR count). The van der Waals surface area contributed by atoms with Crippen molar-refractivity contribution in [1.29, 1.82) is 0 Å². The van der Waals surface area contributed by atoms with Gasteiger partial charge in [-0.3, -0.25) is 4.90 Å². The van der Waals surface area contributed by atoms with Gasteiger partial charge >= 0.3 is 0 Å². The number of aliphatic hydroxyl groups is 1. The standard InChI is InChI=1S/C18H20FNO3/c19-14-3-1-12(2-4-14)13-7-9-20(10-8-13)18(23)16-6-5-15(21)11-17(16)22/h1-6,11,13,18,21-23H,7-10H2. The average Bonchev–Trinajstić information content (AvgIpc) is 2.55. The van der Waals surface area contributed by atoms with Gasteiger partial charge < -0.3 is 15.3 Å². The van der Waals surface area contributed by atoms with Crippen molar-refractivity contribution in [2.45, 2.75) is 25.0 Å². The molecule has 0 radical (unpaired) electrons. The maximum Gasteiger partial charge on any atom is 0.137 e. The molecule has 0 saturated carbocycles. The van der Waals surface area contributed by atoms with E-state index in [0.29, 0.717) is 24.6 Å². The van der Waals surface area contributed by atoms with Crippen LogP contribution in [0.2, 0.25) is 0 Å². The van der Waals surface area contributed by atoms with E-state index in [4.69, 9.17) is 0 Å². The highest BCUT2D eigenvalue weighted by Gasteiger charge is 2.27. The highest BCUT2D eigenvalue weighted by molar-refractivity contribution is 5.40. The fourth-order valence-electron chi connectivity index (χ4n) is 3.16. The molecule has 0 aromatic heterocycles. The van der Waals surface area contributed by atoms with Gasteiger partial charge in [-0.05, 0) is 48.6 Å². The third-order valence-electron chi connectivity index (χ3n) is 4.51. The molecule has 1 heterocycles. The van der Waals surface area contributed by atoms with Crippen LogP contribution in [0.5, 0.6) is 11.5 Å². The Bertz CT molecular complexity index is 666. The molecular weight excluding hydrogens is 297 g/mol. The summed E-state index contributed by atoms with van der Waals surface area (Å²) in [4.78, 5) is 1.89. The number of benzene rings is 2. The van der Waals surface area contributed by atoms with E-state index in [2.05, 4.69) is 0 Å². The molecule has 2 aromatic rings. The minimum Gasteiger partial charge on any atom is -0.508 e. The van der Waals surface area contributed by atoms with Gasteiger partial charge in [0, 0.05) is 24.7 Å². The monoisotopic (exact) mass is 317 g/mol. The van der Waals surface area contributed by atoms with Crippen molar-refractivity contribution in [3.63, 3.8) is 0 Å². The Hall–Kier alpha value is -2.11. The van der Waals surface area contributed by atoms with Crippen LogP contribution in [-0.2, 0) is 0 Å². The zero-order valence-corrected chi connectivity index (χ0v) is 12.7. The molecule has 122 valence electrons. The number of halogens is 1. The number of phenolic OH excluding ortho intramolecular Hbond substituents is 2. The molecule has 23 heavy (non-hydrogen) atoms. The van der Waals surface area contributed by atoms with Crippen molar-refractivity contribution in [1.82, 2.24) is 4.90 Å². The summed E-state index contributed by atoms with van der Waals surface area (Å²) in [5.41, 5.74) is 1.51. The van der Waals surface area contributed by atoms with Crippen molar-refractivity contribution < 1.29 is 19.7 Å². The van der Waals surface area contributed by atoms with Gasteiger partial charge in [0.1, 0.15) is 23.5 Å². The number of hydrogen-bond acceptors (Lipinski definition) is 4. The SMILES string of the molecule is Oc1ccc(C(O)N2CCC(c3ccc(F)cc3)CC2)c(O)c1. The number of phenols is 2. The number of nitrogens with zero attached hydrogens (tertiary/aromatic N) is 1. The largest absolute Gasteiger partial charge is 0.508 e. The molecule has 1 saturated heterocycles. The number of hydrogen-bond donors (Lipinski definition) is 3. The Morgan fingerprint density at radius 2 is 1.65 bits per heavy atom. The lowest BCUT2D eigenvalue weighted by Crippen LogP contribution is -2.36. The maximum absolute atomic E-state index is 13.0. The second kappa shape index (κ2) is 6.56. The van der Waals surface area contributed by atoms with Gasteiger partial charge in [-0.25, -0.2) is 4.39 Å². The second-order valence-corrected chi connectivity index (χ2v) is 5.98. The van der Waals surface area contributed by atoms with E-state index in [-0.39, 0.29) is 17.3 Å². The summed E-state index contributed by atoms with van der Waals surface area (Å²) in [6, 6.07) is 10.8. The number of aromatic hydroxyl groups is 2. The van der Waals surface area contributed by atoms with Crippen molar-refractivity contribution >= 4 is 0 Å². The Morgan fingerprint density at radius 1 is 1.00 bits per heavy atom. The molecule has 1 unspecified atom stereocenters. The van der Waals surface area contributed by atoms with Crippen molar-refractivity contribution in [3.05, 3.63) is 59.4 Å². The van der Waals surface area contributed by atoms with E-state index < -0.39 is 6.23 Å². The first-order chi connectivity index (χ1) is 11.0. The van der Waals surface area contributed by atoms with E-state index in [1.165, 1.54) is 30.3 Å². The van der Waals surface area contributed by atoms with Gasteiger partial charge in [0.2, 0.25) is 0 Å². The molecule has 0 spiro atoms. The summed E-state index contributed by atoms with van der Waals surface area (Å²) in [6.45, 7) is 1.37. The van der Waals surface area contributed by atoms with Crippen LogP contribution in [0.3, 0.4) is 0 Å². The summed E-state index contributed by atoms with van der Waals surface area (Å²) in [6.07, 6.45) is 0.827. The zero-order chi connectivity index (χ0) is 16.4. The molecule has 0 bridgehead atoms. The van der Waals surface area contributed by atoms with E-state index in [1.54, 1.807) is 0 Å². The van der Waals surface area contributed by atoms with E-state index >= 15 is 0 Å². The van der Waals surface area contributed by atoms with Crippen LogP contribution in [0.1, 0.15) is 36.1 Å². The molecule has 5 heteroatoms. The molecule has 0 amide bonds.